The van der Waals surface area contributed by atoms with Crippen molar-refractivity contribution in [2.45, 2.75) is 13.8 Å². The third-order valence-electron chi connectivity index (χ3n) is 3.21. The van der Waals surface area contributed by atoms with Crippen molar-refractivity contribution in [3.63, 3.8) is 0 Å². The van der Waals surface area contributed by atoms with Gasteiger partial charge in [0.25, 0.3) is 5.91 Å². The summed E-state index contributed by atoms with van der Waals surface area (Å²) in [6.07, 6.45) is 1.59. The molecule has 2 rings (SSSR count). The summed E-state index contributed by atoms with van der Waals surface area (Å²) >= 11 is 0. The SMILES string of the molecule is CCOc1ccc(/C=N/NC(=O)CNc2ccc(OCC)cc2)cc1. The number of carbonyl (C=O) groups is 1. The van der Waals surface area contributed by atoms with Crippen LogP contribution in [0.2, 0.25) is 0 Å². The normalized spacial score (nSPS) is 10.5. The fourth-order valence-electron chi connectivity index (χ4n) is 2.05. The average molecular weight is 341 g/mol. The van der Waals surface area contributed by atoms with Gasteiger partial charge in [-0.25, -0.2) is 5.43 Å². The zero-order valence-electron chi connectivity index (χ0n) is 14.5. The molecule has 2 aromatic rings. The molecule has 0 fully saturated rings. The fourth-order valence-corrected chi connectivity index (χ4v) is 2.05. The van der Waals surface area contributed by atoms with Gasteiger partial charge in [-0.3, -0.25) is 4.79 Å². The molecule has 0 aliphatic carbocycles. The number of carbonyl (C=O) groups excluding carboxylic acids is 1. The van der Waals surface area contributed by atoms with Crippen LogP contribution in [0.25, 0.3) is 0 Å². The second kappa shape index (κ2) is 9.97. The molecule has 0 aliphatic rings. The highest BCUT2D eigenvalue weighted by molar-refractivity contribution is 5.84. The van der Waals surface area contributed by atoms with E-state index in [-0.39, 0.29) is 12.5 Å². The molecule has 25 heavy (non-hydrogen) atoms. The van der Waals surface area contributed by atoms with E-state index in [9.17, 15) is 4.79 Å². The Morgan fingerprint density at radius 3 is 2.08 bits per heavy atom. The van der Waals surface area contributed by atoms with Crippen molar-refractivity contribution in [2.24, 2.45) is 5.10 Å². The van der Waals surface area contributed by atoms with Crippen LogP contribution in [0.1, 0.15) is 19.4 Å². The number of nitrogens with zero attached hydrogens (tertiary/aromatic N) is 1. The maximum absolute atomic E-state index is 11.8. The number of rotatable bonds is 9. The molecule has 6 heteroatoms. The molecule has 0 aromatic heterocycles. The molecule has 0 atom stereocenters. The van der Waals surface area contributed by atoms with Crippen LogP contribution in [0.4, 0.5) is 5.69 Å². The minimum atomic E-state index is -0.226. The lowest BCUT2D eigenvalue weighted by Crippen LogP contribution is -2.25. The summed E-state index contributed by atoms with van der Waals surface area (Å²) in [7, 11) is 0. The lowest BCUT2D eigenvalue weighted by Gasteiger charge is -2.07. The molecule has 0 bridgehead atoms. The summed E-state index contributed by atoms with van der Waals surface area (Å²) in [6.45, 7) is 5.26. The Kier molecular flexibility index (Phi) is 7.31. The first-order chi connectivity index (χ1) is 12.2. The van der Waals surface area contributed by atoms with Crippen molar-refractivity contribution in [3.8, 4) is 11.5 Å². The fraction of sp³-hybridized carbons (Fsp3) is 0.263. The van der Waals surface area contributed by atoms with Gasteiger partial charge in [-0.15, -0.1) is 0 Å². The molecule has 2 N–H and O–H groups in total. The van der Waals surface area contributed by atoms with Crippen molar-refractivity contribution in [1.29, 1.82) is 0 Å². The molecule has 0 unspecified atom stereocenters. The summed E-state index contributed by atoms with van der Waals surface area (Å²) in [5, 5.41) is 6.97. The number of anilines is 1. The lowest BCUT2D eigenvalue weighted by atomic mass is 10.2. The van der Waals surface area contributed by atoms with Gasteiger partial charge in [-0.2, -0.15) is 5.10 Å². The minimum absolute atomic E-state index is 0.134. The van der Waals surface area contributed by atoms with E-state index < -0.39 is 0 Å². The molecule has 2 aromatic carbocycles. The Balaban J connectivity index is 1.74. The predicted molar refractivity (Wildman–Crippen MR) is 99.4 cm³/mol. The van der Waals surface area contributed by atoms with Crippen LogP contribution in [0.3, 0.4) is 0 Å². The molecule has 6 nitrogen and oxygen atoms in total. The topological polar surface area (TPSA) is 72.0 Å². The standard InChI is InChI=1S/C19H23N3O3/c1-3-24-17-9-5-15(6-10-17)13-21-22-19(23)14-20-16-7-11-18(12-8-16)25-4-2/h5-13,20H,3-4,14H2,1-2H3,(H,22,23)/b21-13+. The van der Waals surface area contributed by atoms with Crippen molar-refractivity contribution in [3.05, 3.63) is 54.1 Å². The monoisotopic (exact) mass is 341 g/mol. The number of amides is 1. The third-order valence-corrected chi connectivity index (χ3v) is 3.21. The van der Waals surface area contributed by atoms with Crippen molar-refractivity contribution < 1.29 is 14.3 Å². The van der Waals surface area contributed by atoms with Gasteiger partial charge in [0.05, 0.1) is 26.0 Å². The maximum atomic E-state index is 11.8. The number of nitrogens with one attached hydrogen (secondary N) is 2. The van der Waals surface area contributed by atoms with E-state index in [4.69, 9.17) is 9.47 Å². The van der Waals surface area contributed by atoms with Crippen LogP contribution in [0, 0.1) is 0 Å². The molecule has 1 amide bonds. The van der Waals surface area contributed by atoms with Gasteiger partial charge in [-0.1, -0.05) is 0 Å². The Morgan fingerprint density at radius 2 is 1.52 bits per heavy atom. The Labute approximate surface area is 147 Å². The molecule has 0 radical (unpaired) electrons. The lowest BCUT2D eigenvalue weighted by molar-refractivity contribution is -0.119. The number of hydrogen-bond donors (Lipinski definition) is 2. The highest BCUT2D eigenvalue weighted by Crippen LogP contribution is 2.15. The highest BCUT2D eigenvalue weighted by Gasteiger charge is 2.00. The highest BCUT2D eigenvalue weighted by atomic mass is 16.5. The van der Waals surface area contributed by atoms with E-state index in [1.807, 2.05) is 62.4 Å². The summed E-state index contributed by atoms with van der Waals surface area (Å²) < 4.78 is 10.7. The molecule has 0 saturated carbocycles. The summed E-state index contributed by atoms with van der Waals surface area (Å²) in [6, 6.07) is 14.9. The van der Waals surface area contributed by atoms with E-state index in [1.165, 1.54) is 0 Å². The maximum Gasteiger partial charge on any atom is 0.259 e. The van der Waals surface area contributed by atoms with Crippen LogP contribution in [-0.2, 0) is 4.79 Å². The second-order valence-corrected chi connectivity index (χ2v) is 5.11. The quantitative estimate of drug-likeness (QED) is 0.543. The largest absolute Gasteiger partial charge is 0.494 e. The third kappa shape index (κ3) is 6.55. The van der Waals surface area contributed by atoms with Crippen molar-refractivity contribution in [2.75, 3.05) is 25.1 Å². The van der Waals surface area contributed by atoms with Crippen LogP contribution < -0.4 is 20.2 Å². The Bertz CT molecular complexity index is 682. The predicted octanol–water partition coefficient (Wildman–Crippen LogP) is 3.05. The van der Waals surface area contributed by atoms with Crippen LogP contribution >= 0.6 is 0 Å². The molecular weight excluding hydrogens is 318 g/mol. The van der Waals surface area contributed by atoms with Crippen LogP contribution in [-0.4, -0.2) is 31.9 Å². The summed E-state index contributed by atoms with van der Waals surface area (Å²) in [5.41, 5.74) is 4.20. The molecule has 0 heterocycles. The summed E-state index contributed by atoms with van der Waals surface area (Å²) in [4.78, 5) is 11.8. The number of hydrazone groups is 1. The molecular formula is C19H23N3O3. The van der Waals surface area contributed by atoms with Gasteiger partial charge in [0.2, 0.25) is 0 Å². The first-order valence-electron chi connectivity index (χ1n) is 8.22. The van der Waals surface area contributed by atoms with Gasteiger partial charge in [0.1, 0.15) is 11.5 Å². The molecule has 0 saturated heterocycles. The second-order valence-electron chi connectivity index (χ2n) is 5.11. The van der Waals surface area contributed by atoms with Crippen molar-refractivity contribution in [1.82, 2.24) is 5.43 Å². The zero-order valence-corrected chi connectivity index (χ0v) is 14.5. The zero-order chi connectivity index (χ0) is 17.9. The van der Waals surface area contributed by atoms with E-state index >= 15 is 0 Å². The van der Waals surface area contributed by atoms with Gasteiger partial charge in [0.15, 0.2) is 0 Å². The van der Waals surface area contributed by atoms with Gasteiger partial charge < -0.3 is 14.8 Å². The van der Waals surface area contributed by atoms with Crippen LogP contribution in [0.5, 0.6) is 11.5 Å². The van der Waals surface area contributed by atoms with E-state index in [0.717, 1.165) is 22.7 Å². The van der Waals surface area contributed by atoms with E-state index in [2.05, 4.69) is 15.8 Å². The van der Waals surface area contributed by atoms with Gasteiger partial charge >= 0.3 is 0 Å². The van der Waals surface area contributed by atoms with E-state index in [1.54, 1.807) is 6.21 Å². The average Bonchev–Trinajstić information content (AvgIpc) is 2.63. The molecule has 0 spiro atoms. The Hall–Kier alpha value is -3.02. The number of hydrogen-bond acceptors (Lipinski definition) is 5. The van der Waals surface area contributed by atoms with Gasteiger partial charge in [-0.05, 0) is 67.9 Å². The minimum Gasteiger partial charge on any atom is -0.494 e. The van der Waals surface area contributed by atoms with Gasteiger partial charge in [0, 0.05) is 5.69 Å². The molecule has 132 valence electrons. The first-order valence-corrected chi connectivity index (χ1v) is 8.22. The molecule has 0 aliphatic heterocycles. The van der Waals surface area contributed by atoms with Crippen molar-refractivity contribution >= 4 is 17.8 Å². The Morgan fingerprint density at radius 1 is 0.960 bits per heavy atom. The number of benzene rings is 2. The van der Waals surface area contributed by atoms with Crippen LogP contribution in [0.15, 0.2) is 53.6 Å². The van der Waals surface area contributed by atoms with E-state index in [0.29, 0.717) is 13.2 Å². The first kappa shape index (κ1) is 18.3. The smallest absolute Gasteiger partial charge is 0.259 e. The summed E-state index contributed by atoms with van der Waals surface area (Å²) in [5.74, 6) is 1.39. The number of ether oxygens (including phenoxy) is 2.